The van der Waals surface area contributed by atoms with E-state index in [2.05, 4.69) is 28.8 Å². The lowest BCUT2D eigenvalue weighted by atomic mass is 10.0. The number of ketones is 1. The number of thioether (sulfide) groups is 1. The third kappa shape index (κ3) is 3.83. The molecule has 1 aromatic heterocycles. The summed E-state index contributed by atoms with van der Waals surface area (Å²) in [5.41, 5.74) is 4.37. The molecule has 6 heteroatoms. The number of aryl methyl sites for hydroxylation is 3. The highest BCUT2D eigenvalue weighted by atomic mass is 32.2. The van der Waals surface area contributed by atoms with Gasteiger partial charge in [0, 0.05) is 19.5 Å². The van der Waals surface area contributed by atoms with Gasteiger partial charge in [0.1, 0.15) is 11.6 Å². The first-order valence-corrected chi connectivity index (χ1v) is 10.2. The van der Waals surface area contributed by atoms with Crippen molar-refractivity contribution in [2.24, 2.45) is 7.05 Å². The predicted octanol–water partition coefficient (Wildman–Crippen LogP) is 3.51. The summed E-state index contributed by atoms with van der Waals surface area (Å²) < 4.78 is 7.42. The van der Waals surface area contributed by atoms with Crippen molar-refractivity contribution in [3.05, 3.63) is 59.4 Å². The second-order valence-corrected chi connectivity index (χ2v) is 8.34. The van der Waals surface area contributed by atoms with Crippen molar-refractivity contribution in [2.45, 2.75) is 30.9 Å². The van der Waals surface area contributed by atoms with Gasteiger partial charge in [-0.3, -0.25) is 9.59 Å². The van der Waals surface area contributed by atoms with Crippen LogP contribution in [0.5, 0.6) is 5.75 Å². The van der Waals surface area contributed by atoms with Gasteiger partial charge >= 0.3 is 0 Å². The number of rotatable bonds is 6. The minimum absolute atomic E-state index is 0.00769. The zero-order valence-corrected chi connectivity index (χ0v) is 16.8. The van der Waals surface area contributed by atoms with E-state index in [1.807, 2.05) is 25.2 Å². The Kier molecular flexibility index (Phi) is 5.22. The zero-order chi connectivity index (χ0) is 19.7. The maximum Gasteiger partial charge on any atom is 0.197 e. The molecule has 0 bridgehead atoms. The van der Waals surface area contributed by atoms with Crippen LogP contribution in [-0.2, 0) is 35.9 Å². The van der Waals surface area contributed by atoms with Crippen molar-refractivity contribution in [1.82, 2.24) is 9.55 Å². The summed E-state index contributed by atoms with van der Waals surface area (Å²) in [4.78, 5) is 27.9. The van der Waals surface area contributed by atoms with E-state index in [9.17, 15) is 9.59 Å². The van der Waals surface area contributed by atoms with Crippen LogP contribution < -0.4 is 4.74 Å². The van der Waals surface area contributed by atoms with Crippen LogP contribution in [0.3, 0.4) is 0 Å². The minimum atomic E-state index is -0.213. The van der Waals surface area contributed by atoms with Gasteiger partial charge in [-0.05, 0) is 36.1 Å². The summed E-state index contributed by atoms with van der Waals surface area (Å²) in [5, 5.41) is -0.220. The lowest BCUT2D eigenvalue weighted by molar-refractivity contribution is -0.121. The number of hydrogen-bond acceptors (Lipinski definition) is 5. The quantitative estimate of drug-likeness (QED) is 0.599. The molecule has 0 saturated carbocycles. The van der Waals surface area contributed by atoms with E-state index in [1.165, 1.54) is 17.3 Å². The number of ether oxygens (including phenoxy) is 1. The molecule has 1 aliphatic rings. The highest BCUT2D eigenvalue weighted by Crippen LogP contribution is 2.28. The predicted molar refractivity (Wildman–Crippen MR) is 111 cm³/mol. The molecule has 1 unspecified atom stereocenters. The number of nitrogens with zero attached hydrogens (tertiary/aromatic N) is 2. The number of imidazole rings is 1. The molecule has 5 nitrogen and oxygen atoms in total. The van der Waals surface area contributed by atoms with Crippen LogP contribution in [0.4, 0.5) is 0 Å². The van der Waals surface area contributed by atoms with E-state index in [-0.39, 0.29) is 22.6 Å². The minimum Gasteiger partial charge on any atom is -0.497 e. The second-order valence-electron chi connectivity index (χ2n) is 7.08. The van der Waals surface area contributed by atoms with Gasteiger partial charge in [0.15, 0.2) is 10.9 Å². The van der Waals surface area contributed by atoms with Crippen molar-refractivity contribution < 1.29 is 14.3 Å². The van der Waals surface area contributed by atoms with E-state index in [4.69, 9.17) is 9.72 Å². The monoisotopic (exact) mass is 394 g/mol. The Bertz CT molecular complexity index is 1040. The summed E-state index contributed by atoms with van der Waals surface area (Å²) in [6.07, 6.45) is 2.45. The fourth-order valence-electron chi connectivity index (χ4n) is 3.56. The van der Waals surface area contributed by atoms with E-state index in [0.29, 0.717) is 6.42 Å². The van der Waals surface area contributed by atoms with E-state index in [1.54, 1.807) is 7.11 Å². The number of Topliss-reactive ketones (excluding diaryl/α,β-unsaturated/α-hetero) is 1. The Hall–Kier alpha value is -2.60. The van der Waals surface area contributed by atoms with Gasteiger partial charge in [-0.15, -0.1) is 0 Å². The van der Waals surface area contributed by atoms with Crippen molar-refractivity contribution in [3.63, 3.8) is 0 Å². The molecular weight excluding hydrogens is 372 g/mol. The molecule has 0 aliphatic carbocycles. The lowest BCUT2D eigenvalue weighted by Gasteiger charge is -2.08. The molecule has 28 heavy (non-hydrogen) atoms. The van der Waals surface area contributed by atoms with Gasteiger partial charge in [0.25, 0.3) is 0 Å². The highest BCUT2D eigenvalue weighted by Gasteiger charge is 2.31. The topological polar surface area (TPSA) is 61.2 Å². The van der Waals surface area contributed by atoms with Crippen LogP contribution in [0.15, 0.2) is 42.5 Å². The van der Waals surface area contributed by atoms with Crippen molar-refractivity contribution in [3.8, 4) is 5.75 Å². The van der Waals surface area contributed by atoms with Gasteiger partial charge in [0.2, 0.25) is 0 Å². The fraction of sp³-hybridized carbons (Fsp3) is 0.318. The zero-order valence-electron chi connectivity index (χ0n) is 16.0. The van der Waals surface area contributed by atoms with Crippen molar-refractivity contribution in [2.75, 3.05) is 7.11 Å². The van der Waals surface area contributed by atoms with Crippen LogP contribution in [0.25, 0.3) is 11.0 Å². The van der Waals surface area contributed by atoms with Gasteiger partial charge in [0.05, 0.1) is 29.8 Å². The number of methoxy groups -OCH3 is 1. The van der Waals surface area contributed by atoms with E-state index < -0.39 is 0 Å². The van der Waals surface area contributed by atoms with Crippen LogP contribution in [0.2, 0.25) is 0 Å². The SMILES string of the molecule is COc1ccc2nc(CCc3ccc(CC4SC(=O)CC4=O)cc3)n(C)c2c1. The molecule has 2 heterocycles. The molecule has 2 aromatic carbocycles. The molecule has 0 radical (unpaired) electrons. The maximum absolute atomic E-state index is 11.8. The Labute approximate surface area is 168 Å². The third-order valence-electron chi connectivity index (χ3n) is 5.21. The molecule has 144 valence electrons. The molecule has 3 aromatic rings. The van der Waals surface area contributed by atoms with Crippen molar-refractivity contribution >= 4 is 33.7 Å². The van der Waals surface area contributed by atoms with E-state index in [0.717, 1.165) is 41.0 Å². The third-order valence-corrected chi connectivity index (χ3v) is 6.33. The standard InChI is InChI=1S/C22H22N2O3S/c1-24-18-12-16(27-2)8-9-17(18)23-21(24)10-7-14-3-5-15(6-4-14)11-20-19(25)13-22(26)28-20/h3-6,8-9,12,20H,7,10-11,13H2,1-2H3. The van der Waals surface area contributed by atoms with Gasteiger partial charge < -0.3 is 9.30 Å². The number of carbonyl (C=O) groups is 2. The average Bonchev–Trinajstić information content (AvgIpc) is 3.19. The summed E-state index contributed by atoms with van der Waals surface area (Å²) in [7, 11) is 3.70. The number of carbonyl (C=O) groups excluding carboxylic acids is 2. The molecule has 1 fully saturated rings. The van der Waals surface area contributed by atoms with Crippen LogP contribution in [-0.4, -0.2) is 32.8 Å². The average molecular weight is 394 g/mol. The Morgan fingerprint density at radius 1 is 1.11 bits per heavy atom. The molecule has 0 spiro atoms. The summed E-state index contributed by atoms with van der Waals surface area (Å²) in [6.45, 7) is 0. The number of fused-ring (bicyclic) bond motifs is 1. The number of benzene rings is 2. The van der Waals surface area contributed by atoms with E-state index >= 15 is 0 Å². The van der Waals surface area contributed by atoms with Crippen LogP contribution in [0.1, 0.15) is 23.4 Å². The Morgan fingerprint density at radius 2 is 1.86 bits per heavy atom. The van der Waals surface area contributed by atoms with Gasteiger partial charge in [-0.25, -0.2) is 4.98 Å². The number of aromatic nitrogens is 2. The van der Waals surface area contributed by atoms with Crippen LogP contribution >= 0.6 is 11.8 Å². The molecule has 1 atom stereocenters. The normalized spacial score (nSPS) is 16.9. The molecule has 0 amide bonds. The highest BCUT2D eigenvalue weighted by molar-refractivity contribution is 8.15. The molecule has 4 rings (SSSR count). The van der Waals surface area contributed by atoms with Crippen LogP contribution in [0, 0.1) is 0 Å². The molecule has 0 N–H and O–H groups in total. The first-order valence-electron chi connectivity index (χ1n) is 9.33. The fourth-order valence-corrected chi connectivity index (χ4v) is 4.59. The summed E-state index contributed by atoms with van der Waals surface area (Å²) >= 11 is 1.18. The number of hydrogen-bond donors (Lipinski definition) is 0. The van der Waals surface area contributed by atoms with Gasteiger partial charge in [-0.1, -0.05) is 36.0 Å². The second kappa shape index (κ2) is 7.80. The molecule has 1 aliphatic heterocycles. The summed E-state index contributed by atoms with van der Waals surface area (Å²) in [6, 6.07) is 14.3. The van der Waals surface area contributed by atoms with Gasteiger partial charge in [-0.2, -0.15) is 0 Å². The maximum atomic E-state index is 11.8. The smallest absolute Gasteiger partial charge is 0.197 e. The first-order chi connectivity index (χ1) is 13.5. The Balaban J connectivity index is 1.41. The molecular formula is C22H22N2O3S. The lowest BCUT2D eigenvalue weighted by Crippen LogP contribution is -2.13. The summed E-state index contributed by atoms with van der Waals surface area (Å²) in [5.74, 6) is 1.93. The first kappa shape index (κ1) is 18.7. The largest absolute Gasteiger partial charge is 0.497 e. The Morgan fingerprint density at radius 3 is 2.54 bits per heavy atom. The van der Waals surface area contributed by atoms with Crippen molar-refractivity contribution in [1.29, 1.82) is 0 Å². The molecule has 1 saturated heterocycles.